The average molecular weight is 388 g/mol. The van der Waals surface area contributed by atoms with Gasteiger partial charge in [0.1, 0.15) is 6.54 Å². The zero-order valence-corrected chi connectivity index (χ0v) is 16.8. The lowest BCUT2D eigenvalue weighted by atomic mass is 10.1. The Morgan fingerprint density at radius 1 is 1.00 bits per heavy atom. The molecule has 0 aliphatic rings. The predicted octanol–water partition coefficient (Wildman–Crippen LogP) is 3.02. The van der Waals surface area contributed by atoms with Crippen LogP contribution in [0.2, 0.25) is 0 Å². The monoisotopic (exact) mass is 388 g/mol. The first-order valence-corrected chi connectivity index (χ1v) is 10.4. The highest BCUT2D eigenvalue weighted by Gasteiger charge is 2.24. The second kappa shape index (κ2) is 8.35. The molecule has 0 unspecified atom stereocenters. The van der Waals surface area contributed by atoms with E-state index in [1.807, 2.05) is 38.1 Å². The smallest absolute Gasteiger partial charge is 0.247 e. The Morgan fingerprint density at radius 2 is 1.63 bits per heavy atom. The largest absolute Gasteiger partial charge is 0.311 e. The number of Topliss-reactive ketones (excluding diaryl/α,β-unsaturated/α-hetero) is 1. The van der Waals surface area contributed by atoms with E-state index in [9.17, 15) is 18.0 Å². The molecule has 0 fully saturated rings. The summed E-state index contributed by atoms with van der Waals surface area (Å²) < 4.78 is 25.6. The van der Waals surface area contributed by atoms with Gasteiger partial charge >= 0.3 is 0 Å². The molecule has 0 spiro atoms. The topological polar surface area (TPSA) is 74.8 Å². The highest BCUT2D eigenvalue weighted by Crippen LogP contribution is 2.21. The minimum Gasteiger partial charge on any atom is -0.311 e. The summed E-state index contributed by atoms with van der Waals surface area (Å²) in [5.74, 6) is -0.440. The average Bonchev–Trinajstić information content (AvgIpc) is 2.59. The van der Waals surface area contributed by atoms with E-state index in [0.29, 0.717) is 17.8 Å². The number of benzene rings is 2. The number of likely N-dealkylation sites (N-methyl/N-ethyl adjacent to an activating group) is 1. The van der Waals surface area contributed by atoms with E-state index in [1.54, 1.807) is 17.0 Å². The van der Waals surface area contributed by atoms with Crippen molar-refractivity contribution >= 4 is 33.1 Å². The highest BCUT2D eigenvalue weighted by atomic mass is 32.2. The van der Waals surface area contributed by atoms with Gasteiger partial charge in [-0.1, -0.05) is 12.1 Å². The molecule has 0 aromatic heterocycles. The number of hydrogen-bond donors (Lipinski definition) is 0. The maximum atomic E-state index is 12.9. The molecule has 1 amide bonds. The van der Waals surface area contributed by atoms with E-state index in [2.05, 4.69) is 0 Å². The Morgan fingerprint density at radius 3 is 2.11 bits per heavy atom. The van der Waals surface area contributed by atoms with Gasteiger partial charge in [0.05, 0.1) is 11.9 Å². The number of nitrogens with zero attached hydrogens (tertiary/aromatic N) is 2. The summed E-state index contributed by atoms with van der Waals surface area (Å²) in [6.45, 7) is 5.31. The van der Waals surface area contributed by atoms with Crippen molar-refractivity contribution in [2.45, 2.75) is 20.8 Å². The molecule has 0 atom stereocenters. The van der Waals surface area contributed by atoms with Crippen LogP contribution in [0.3, 0.4) is 0 Å². The summed E-state index contributed by atoms with van der Waals surface area (Å²) in [5.41, 5.74) is 2.56. The number of sulfonamides is 1. The molecule has 2 rings (SSSR count). The summed E-state index contributed by atoms with van der Waals surface area (Å²) >= 11 is 0. The van der Waals surface area contributed by atoms with Gasteiger partial charge in [-0.15, -0.1) is 0 Å². The maximum absolute atomic E-state index is 12.9. The van der Waals surface area contributed by atoms with Gasteiger partial charge in [0.25, 0.3) is 0 Å². The van der Waals surface area contributed by atoms with E-state index < -0.39 is 10.0 Å². The first-order valence-electron chi connectivity index (χ1n) is 8.59. The Labute approximate surface area is 160 Å². The fourth-order valence-corrected chi connectivity index (χ4v) is 3.62. The lowest BCUT2D eigenvalue weighted by molar-refractivity contribution is -0.117. The number of hydrogen-bond acceptors (Lipinski definition) is 4. The van der Waals surface area contributed by atoms with Crippen molar-refractivity contribution in [2.75, 3.05) is 28.6 Å². The second-order valence-corrected chi connectivity index (χ2v) is 8.26. The normalized spacial score (nSPS) is 11.1. The van der Waals surface area contributed by atoms with Crippen molar-refractivity contribution in [3.63, 3.8) is 0 Å². The van der Waals surface area contributed by atoms with Crippen molar-refractivity contribution in [2.24, 2.45) is 0 Å². The predicted molar refractivity (Wildman–Crippen MR) is 108 cm³/mol. The Bertz CT molecular complexity index is 937. The third-order valence-electron chi connectivity index (χ3n) is 4.17. The number of amides is 1. The highest BCUT2D eigenvalue weighted by molar-refractivity contribution is 7.92. The van der Waals surface area contributed by atoms with Crippen molar-refractivity contribution in [1.29, 1.82) is 0 Å². The number of rotatable bonds is 7. The van der Waals surface area contributed by atoms with Gasteiger partial charge in [0, 0.05) is 17.8 Å². The van der Waals surface area contributed by atoms with Gasteiger partial charge in [-0.2, -0.15) is 0 Å². The van der Waals surface area contributed by atoms with E-state index >= 15 is 0 Å². The SMILES string of the molecule is CCN(C(=O)CN(c1ccc(C(C)=O)cc1)S(C)(=O)=O)c1cccc(C)c1. The third kappa shape index (κ3) is 5.17. The van der Waals surface area contributed by atoms with E-state index in [0.717, 1.165) is 21.8 Å². The van der Waals surface area contributed by atoms with Gasteiger partial charge in [0.2, 0.25) is 15.9 Å². The van der Waals surface area contributed by atoms with E-state index in [1.165, 1.54) is 19.1 Å². The summed E-state index contributed by atoms with van der Waals surface area (Å²) in [4.78, 5) is 25.8. The Balaban J connectivity index is 2.32. The van der Waals surface area contributed by atoms with Crippen molar-refractivity contribution in [3.05, 3.63) is 59.7 Å². The lowest BCUT2D eigenvalue weighted by Gasteiger charge is -2.27. The van der Waals surface area contributed by atoms with Crippen LogP contribution in [0.15, 0.2) is 48.5 Å². The molecule has 0 aliphatic carbocycles. The number of aryl methyl sites for hydroxylation is 1. The molecule has 0 saturated heterocycles. The summed E-state index contributed by atoms with van der Waals surface area (Å²) in [6, 6.07) is 13.7. The van der Waals surface area contributed by atoms with Gasteiger partial charge in [-0.25, -0.2) is 8.42 Å². The van der Waals surface area contributed by atoms with E-state index in [4.69, 9.17) is 0 Å². The van der Waals surface area contributed by atoms with Gasteiger partial charge in [-0.3, -0.25) is 13.9 Å². The van der Waals surface area contributed by atoms with Crippen LogP contribution in [0.25, 0.3) is 0 Å². The number of ketones is 1. The van der Waals surface area contributed by atoms with Crippen molar-refractivity contribution in [3.8, 4) is 0 Å². The van der Waals surface area contributed by atoms with Crippen LogP contribution >= 0.6 is 0 Å². The molecule has 7 heteroatoms. The first kappa shape index (κ1) is 20.6. The van der Waals surface area contributed by atoms with Crippen LogP contribution < -0.4 is 9.21 Å². The lowest BCUT2D eigenvalue weighted by Crippen LogP contribution is -2.42. The standard InChI is InChI=1S/C20H24N2O4S/c1-5-21(19-8-6-7-15(2)13-19)20(24)14-22(27(4,25)26)18-11-9-17(10-12-18)16(3)23/h6-13H,5,14H2,1-4H3. The molecule has 2 aromatic carbocycles. The van der Waals surface area contributed by atoms with Gasteiger partial charge in [0.15, 0.2) is 5.78 Å². The van der Waals surface area contributed by atoms with Crippen molar-refractivity contribution in [1.82, 2.24) is 0 Å². The third-order valence-corrected chi connectivity index (χ3v) is 5.31. The van der Waals surface area contributed by atoms with Gasteiger partial charge in [-0.05, 0) is 62.7 Å². The quantitative estimate of drug-likeness (QED) is 0.684. The molecule has 2 aromatic rings. The van der Waals surface area contributed by atoms with Crippen LogP contribution in [0.4, 0.5) is 11.4 Å². The Kier molecular flexibility index (Phi) is 6.38. The number of carbonyl (C=O) groups excluding carboxylic acids is 2. The number of carbonyl (C=O) groups is 2. The van der Waals surface area contributed by atoms with Crippen LogP contribution in [0.1, 0.15) is 29.8 Å². The van der Waals surface area contributed by atoms with Crippen LogP contribution in [0, 0.1) is 6.92 Å². The molecule has 0 saturated carbocycles. The van der Waals surface area contributed by atoms with Crippen LogP contribution in [-0.4, -0.2) is 39.5 Å². The molecule has 0 N–H and O–H groups in total. The zero-order chi connectivity index (χ0) is 20.2. The fraction of sp³-hybridized carbons (Fsp3) is 0.300. The minimum atomic E-state index is -3.68. The molecule has 27 heavy (non-hydrogen) atoms. The summed E-state index contributed by atoms with van der Waals surface area (Å²) in [6.07, 6.45) is 1.06. The van der Waals surface area contributed by atoms with Crippen LogP contribution in [-0.2, 0) is 14.8 Å². The molecular weight excluding hydrogens is 364 g/mol. The molecule has 0 radical (unpaired) electrons. The van der Waals surface area contributed by atoms with Crippen LogP contribution in [0.5, 0.6) is 0 Å². The molecule has 6 nitrogen and oxygen atoms in total. The summed E-state index contributed by atoms with van der Waals surface area (Å²) in [5, 5.41) is 0. The van der Waals surface area contributed by atoms with Crippen molar-refractivity contribution < 1.29 is 18.0 Å². The summed E-state index contributed by atoms with van der Waals surface area (Å²) in [7, 11) is -3.68. The maximum Gasteiger partial charge on any atom is 0.247 e. The molecule has 144 valence electrons. The second-order valence-electron chi connectivity index (χ2n) is 6.35. The fourth-order valence-electron chi connectivity index (χ4n) is 2.77. The Hall–Kier alpha value is -2.67. The minimum absolute atomic E-state index is 0.111. The molecule has 0 aliphatic heterocycles. The number of anilines is 2. The first-order chi connectivity index (χ1) is 12.6. The van der Waals surface area contributed by atoms with Gasteiger partial charge < -0.3 is 4.90 Å². The molecule has 0 bridgehead atoms. The van der Waals surface area contributed by atoms with E-state index in [-0.39, 0.29) is 18.2 Å². The zero-order valence-electron chi connectivity index (χ0n) is 16.0. The molecular formula is C20H24N2O4S. The molecule has 0 heterocycles.